The van der Waals surface area contributed by atoms with Gasteiger partial charge in [-0.25, -0.2) is 4.98 Å². The number of aromatic nitrogens is 2. The van der Waals surface area contributed by atoms with E-state index in [4.69, 9.17) is 4.74 Å². The van der Waals surface area contributed by atoms with Crippen molar-refractivity contribution in [3.8, 4) is 0 Å². The molecule has 5 heteroatoms. The van der Waals surface area contributed by atoms with Crippen molar-refractivity contribution in [1.29, 1.82) is 0 Å². The van der Waals surface area contributed by atoms with E-state index in [1.165, 1.54) is 5.56 Å². The Morgan fingerprint density at radius 3 is 3.11 bits per heavy atom. The van der Waals surface area contributed by atoms with E-state index in [2.05, 4.69) is 38.7 Å². The van der Waals surface area contributed by atoms with Gasteiger partial charge in [-0.15, -0.1) is 11.3 Å². The highest BCUT2D eigenvalue weighted by molar-refractivity contribution is 7.09. The lowest BCUT2D eigenvalue weighted by Crippen LogP contribution is -2.18. The van der Waals surface area contributed by atoms with Crippen LogP contribution >= 0.6 is 11.3 Å². The van der Waals surface area contributed by atoms with E-state index < -0.39 is 0 Å². The first-order valence-electron chi connectivity index (χ1n) is 6.03. The molecule has 0 aliphatic rings. The number of hydrogen-bond donors (Lipinski definition) is 1. The Morgan fingerprint density at radius 1 is 1.50 bits per heavy atom. The third-order valence-electron chi connectivity index (χ3n) is 2.63. The highest BCUT2D eigenvalue weighted by Gasteiger charge is 2.01. The van der Waals surface area contributed by atoms with Crippen LogP contribution in [0.4, 0.5) is 0 Å². The fraction of sp³-hybridized carbons (Fsp3) is 0.462. The average molecular weight is 265 g/mol. The molecular formula is C13H19N3OS. The zero-order chi connectivity index (χ0) is 12.8. The maximum absolute atomic E-state index is 4.99. The lowest BCUT2D eigenvalue weighted by atomic mass is 10.3. The smallest absolute Gasteiger partial charge is 0.0898 e. The summed E-state index contributed by atoms with van der Waals surface area (Å²) in [7, 11) is 1.72. The van der Waals surface area contributed by atoms with Crippen molar-refractivity contribution >= 4 is 11.3 Å². The fourth-order valence-corrected chi connectivity index (χ4v) is 2.37. The zero-order valence-corrected chi connectivity index (χ0v) is 11.7. The summed E-state index contributed by atoms with van der Waals surface area (Å²) in [6.07, 6.45) is 4.26. The summed E-state index contributed by atoms with van der Waals surface area (Å²) in [5, 5.41) is 6.57. The number of aryl methyl sites for hydroxylation is 1. The number of methoxy groups -OCH3 is 1. The van der Waals surface area contributed by atoms with E-state index >= 15 is 0 Å². The molecule has 2 aromatic rings. The topological polar surface area (TPSA) is 39.1 Å². The van der Waals surface area contributed by atoms with E-state index in [9.17, 15) is 0 Å². The van der Waals surface area contributed by atoms with Gasteiger partial charge in [-0.05, 0) is 18.6 Å². The molecule has 0 fully saturated rings. The minimum atomic E-state index is 0.749. The Labute approximate surface area is 112 Å². The average Bonchev–Trinajstić information content (AvgIpc) is 2.95. The molecule has 2 rings (SSSR count). The molecule has 0 aromatic carbocycles. The molecule has 2 heterocycles. The molecule has 98 valence electrons. The quantitative estimate of drug-likeness (QED) is 0.779. The fourth-order valence-electron chi connectivity index (χ4n) is 1.77. The maximum Gasteiger partial charge on any atom is 0.0898 e. The zero-order valence-electron chi connectivity index (χ0n) is 10.8. The van der Waals surface area contributed by atoms with Crippen LogP contribution in [0.2, 0.25) is 0 Å². The number of hydrogen-bond acceptors (Lipinski definition) is 4. The first kappa shape index (κ1) is 13.3. The molecule has 0 saturated carbocycles. The van der Waals surface area contributed by atoms with Gasteiger partial charge in [0.05, 0.1) is 23.9 Å². The van der Waals surface area contributed by atoms with Gasteiger partial charge in [0, 0.05) is 38.0 Å². The van der Waals surface area contributed by atoms with E-state index in [0.29, 0.717) is 0 Å². The van der Waals surface area contributed by atoms with Crippen molar-refractivity contribution in [2.75, 3.05) is 20.3 Å². The SMILES string of the molecule is COCCNCc1ccn(Cc2csc(C)n2)c1. The van der Waals surface area contributed by atoms with Gasteiger partial charge in [0.1, 0.15) is 0 Å². The molecule has 0 unspecified atom stereocenters. The molecular weight excluding hydrogens is 246 g/mol. The van der Waals surface area contributed by atoms with Crippen molar-refractivity contribution in [3.63, 3.8) is 0 Å². The molecule has 4 nitrogen and oxygen atoms in total. The van der Waals surface area contributed by atoms with Crippen LogP contribution < -0.4 is 5.32 Å². The Bertz CT molecular complexity index is 478. The number of nitrogens with one attached hydrogen (secondary N) is 1. The number of thiazole rings is 1. The van der Waals surface area contributed by atoms with E-state index in [0.717, 1.165) is 36.9 Å². The highest BCUT2D eigenvalue weighted by Crippen LogP contribution is 2.10. The van der Waals surface area contributed by atoms with Crippen LogP contribution in [0.25, 0.3) is 0 Å². The summed E-state index contributed by atoms with van der Waals surface area (Å²) in [6.45, 7) is 5.40. The summed E-state index contributed by atoms with van der Waals surface area (Å²) in [5.74, 6) is 0. The predicted octanol–water partition coefficient (Wildman–Crippen LogP) is 2.04. The van der Waals surface area contributed by atoms with Crippen molar-refractivity contribution in [1.82, 2.24) is 14.9 Å². The van der Waals surface area contributed by atoms with Crippen LogP contribution in [-0.2, 0) is 17.8 Å². The van der Waals surface area contributed by atoms with Gasteiger partial charge in [0.25, 0.3) is 0 Å². The normalized spacial score (nSPS) is 11.0. The highest BCUT2D eigenvalue weighted by atomic mass is 32.1. The number of nitrogens with zero attached hydrogens (tertiary/aromatic N) is 2. The molecule has 1 N–H and O–H groups in total. The summed E-state index contributed by atoms with van der Waals surface area (Å²) < 4.78 is 7.16. The van der Waals surface area contributed by atoms with Crippen LogP contribution in [0.3, 0.4) is 0 Å². The molecule has 0 saturated heterocycles. The van der Waals surface area contributed by atoms with Gasteiger partial charge in [-0.1, -0.05) is 0 Å². The molecule has 0 aliphatic heterocycles. The minimum Gasteiger partial charge on any atom is -0.383 e. The number of ether oxygens (including phenoxy) is 1. The summed E-state index contributed by atoms with van der Waals surface area (Å²) in [5.41, 5.74) is 2.42. The molecule has 0 atom stereocenters. The van der Waals surface area contributed by atoms with Crippen LogP contribution in [0.1, 0.15) is 16.3 Å². The van der Waals surface area contributed by atoms with E-state index in [-0.39, 0.29) is 0 Å². The van der Waals surface area contributed by atoms with Crippen LogP contribution in [0.5, 0.6) is 0 Å². The van der Waals surface area contributed by atoms with Gasteiger partial charge in [0.2, 0.25) is 0 Å². The van der Waals surface area contributed by atoms with Crippen molar-refractivity contribution < 1.29 is 4.74 Å². The summed E-state index contributed by atoms with van der Waals surface area (Å²) >= 11 is 1.70. The third kappa shape index (κ3) is 3.94. The predicted molar refractivity (Wildman–Crippen MR) is 74.0 cm³/mol. The molecule has 0 aliphatic carbocycles. The molecule has 2 aromatic heterocycles. The maximum atomic E-state index is 4.99. The first-order valence-corrected chi connectivity index (χ1v) is 6.91. The minimum absolute atomic E-state index is 0.749. The molecule has 0 radical (unpaired) electrons. The van der Waals surface area contributed by atoms with Crippen LogP contribution in [0.15, 0.2) is 23.8 Å². The second kappa shape index (κ2) is 6.68. The summed E-state index contributed by atoms with van der Waals surface area (Å²) in [6, 6.07) is 2.14. The lowest BCUT2D eigenvalue weighted by molar-refractivity contribution is 0.199. The molecule has 18 heavy (non-hydrogen) atoms. The molecule has 0 bridgehead atoms. The van der Waals surface area contributed by atoms with E-state index in [1.54, 1.807) is 18.4 Å². The largest absolute Gasteiger partial charge is 0.383 e. The second-order valence-electron chi connectivity index (χ2n) is 4.22. The monoisotopic (exact) mass is 265 g/mol. The standard InChI is InChI=1S/C13H19N3OS/c1-11-15-13(10-18-11)9-16-5-3-12(8-16)7-14-4-6-17-2/h3,5,8,10,14H,4,6-7,9H2,1-2H3. The number of rotatable bonds is 7. The molecule has 0 amide bonds. The van der Waals surface area contributed by atoms with Gasteiger partial charge in [-0.2, -0.15) is 0 Å². The van der Waals surface area contributed by atoms with Crippen molar-refractivity contribution in [2.45, 2.75) is 20.0 Å². The lowest BCUT2D eigenvalue weighted by Gasteiger charge is -2.02. The first-order chi connectivity index (χ1) is 8.78. The van der Waals surface area contributed by atoms with Crippen LogP contribution in [0, 0.1) is 6.92 Å². The van der Waals surface area contributed by atoms with Crippen molar-refractivity contribution in [2.24, 2.45) is 0 Å². The van der Waals surface area contributed by atoms with Gasteiger partial charge < -0.3 is 14.6 Å². The van der Waals surface area contributed by atoms with Gasteiger partial charge >= 0.3 is 0 Å². The second-order valence-corrected chi connectivity index (χ2v) is 5.28. The van der Waals surface area contributed by atoms with Gasteiger partial charge in [-0.3, -0.25) is 0 Å². The summed E-state index contributed by atoms with van der Waals surface area (Å²) in [4.78, 5) is 4.47. The van der Waals surface area contributed by atoms with Crippen molar-refractivity contribution in [3.05, 3.63) is 40.1 Å². The Morgan fingerprint density at radius 2 is 2.39 bits per heavy atom. The van der Waals surface area contributed by atoms with E-state index in [1.807, 2.05) is 6.92 Å². The third-order valence-corrected chi connectivity index (χ3v) is 3.46. The Kier molecular flexibility index (Phi) is 4.92. The van der Waals surface area contributed by atoms with Crippen LogP contribution in [-0.4, -0.2) is 29.8 Å². The Hall–Kier alpha value is -1.17. The Balaban J connectivity index is 1.82. The van der Waals surface area contributed by atoms with Gasteiger partial charge in [0.15, 0.2) is 0 Å². The molecule has 0 spiro atoms.